The monoisotopic (exact) mass is 512 g/mol. The third-order valence-electron chi connectivity index (χ3n) is 6.72. The molecule has 1 N–H and O–H groups in total. The van der Waals surface area contributed by atoms with E-state index in [1.54, 1.807) is 0 Å². The Kier molecular flexibility index (Phi) is 6.66. The highest BCUT2D eigenvalue weighted by Crippen LogP contribution is 2.35. The van der Waals surface area contributed by atoms with Gasteiger partial charge in [-0.05, 0) is 44.2 Å². The van der Waals surface area contributed by atoms with Crippen LogP contribution < -0.4 is 10.2 Å². The number of pyridine rings is 1. The van der Waals surface area contributed by atoms with Crippen molar-refractivity contribution in [3.63, 3.8) is 0 Å². The van der Waals surface area contributed by atoms with Gasteiger partial charge in [-0.2, -0.15) is 26.9 Å². The van der Waals surface area contributed by atoms with Gasteiger partial charge in [0.1, 0.15) is 11.6 Å². The molecule has 8 nitrogen and oxygen atoms in total. The van der Waals surface area contributed by atoms with Crippen LogP contribution >= 0.6 is 0 Å². The summed E-state index contributed by atoms with van der Waals surface area (Å²) in [6.07, 6.45) is -3.06. The van der Waals surface area contributed by atoms with E-state index in [4.69, 9.17) is 4.74 Å². The first kappa shape index (κ1) is 24.6. The molecule has 0 aliphatic carbocycles. The number of amides is 1. The number of alkyl halides is 5. The molecule has 0 radical (unpaired) electrons. The Hall–Kier alpha value is -3.09. The lowest BCUT2D eigenvalue weighted by Gasteiger charge is -2.36. The number of nitrogens with one attached hydrogen (secondary N) is 1. The Morgan fingerprint density at radius 1 is 1.06 bits per heavy atom. The molecule has 194 valence electrons. The maximum absolute atomic E-state index is 13.3. The molecule has 1 amide bonds. The molecule has 0 spiro atoms. The van der Waals surface area contributed by atoms with Gasteiger partial charge in [-0.1, -0.05) is 0 Å². The number of hydrogen-bond donors (Lipinski definition) is 1. The Morgan fingerprint density at radius 2 is 1.81 bits per heavy atom. The van der Waals surface area contributed by atoms with Crippen molar-refractivity contribution in [2.24, 2.45) is 0 Å². The number of halogens is 5. The van der Waals surface area contributed by atoms with Gasteiger partial charge in [0, 0.05) is 31.9 Å². The third kappa shape index (κ3) is 5.20. The van der Waals surface area contributed by atoms with E-state index in [1.807, 2.05) is 4.90 Å². The number of carbonyl (C=O) groups is 1. The summed E-state index contributed by atoms with van der Waals surface area (Å²) in [5, 5.41) is 2.81. The summed E-state index contributed by atoms with van der Waals surface area (Å²) in [5.41, 5.74) is -0.526. The van der Waals surface area contributed by atoms with Gasteiger partial charge in [-0.25, -0.2) is 9.97 Å². The molecule has 13 heteroatoms. The van der Waals surface area contributed by atoms with Crippen molar-refractivity contribution < 1.29 is 31.5 Å². The van der Waals surface area contributed by atoms with Crippen molar-refractivity contribution in [1.29, 1.82) is 0 Å². The van der Waals surface area contributed by atoms with Crippen LogP contribution in [0.25, 0.3) is 0 Å². The molecular weight excluding hydrogens is 487 g/mol. The highest BCUT2D eigenvalue weighted by molar-refractivity contribution is 5.80. The second-order valence-electron chi connectivity index (χ2n) is 9.24. The van der Waals surface area contributed by atoms with Crippen LogP contribution in [0.1, 0.15) is 49.4 Å². The molecule has 5 rings (SSSR count). The largest absolute Gasteiger partial charge is 0.416 e. The van der Waals surface area contributed by atoms with Crippen molar-refractivity contribution in [2.45, 2.75) is 63.0 Å². The summed E-state index contributed by atoms with van der Waals surface area (Å²) in [5.74, 6) is -0.877. The molecule has 36 heavy (non-hydrogen) atoms. The summed E-state index contributed by atoms with van der Waals surface area (Å²) < 4.78 is 72.0. The first-order valence-electron chi connectivity index (χ1n) is 11.9. The van der Waals surface area contributed by atoms with Crippen LogP contribution in [0.4, 0.5) is 39.5 Å². The topological polar surface area (TPSA) is 83.5 Å². The average molecular weight is 512 g/mol. The lowest BCUT2D eigenvalue weighted by atomic mass is 9.98. The normalized spacial score (nSPS) is 24.3. The molecule has 5 heterocycles. The van der Waals surface area contributed by atoms with Crippen LogP contribution in [0.5, 0.6) is 0 Å². The first-order chi connectivity index (χ1) is 17.2. The van der Waals surface area contributed by atoms with Crippen molar-refractivity contribution in [2.75, 3.05) is 29.9 Å². The standard InChI is InChI=1S/C23H25F5N6O2/c24-20(25)21(35)34-8-2-1-3-17(34)16-10-19(31-18-9-13(6-7-29-18)23(26,27)28)32-22(30-16)33-11-14-4-5-15(12-33)36-14/h6-7,9-10,14-15,17,20H,1-5,8,11-12H2,(H,29,30,31,32). The summed E-state index contributed by atoms with van der Waals surface area (Å²) in [6, 6.07) is 2.52. The molecule has 3 aliphatic heterocycles. The van der Waals surface area contributed by atoms with Gasteiger partial charge in [0.05, 0.1) is 29.5 Å². The number of carbonyl (C=O) groups excluding carboxylic acids is 1. The van der Waals surface area contributed by atoms with E-state index in [-0.39, 0.29) is 30.4 Å². The molecule has 3 atom stereocenters. The zero-order chi connectivity index (χ0) is 25.4. The minimum absolute atomic E-state index is 0.0177. The van der Waals surface area contributed by atoms with Crippen LogP contribution in [0.2, 0.25) is 0 Å². The number of hydrogen-bond acceptors (Lipinski definition) is 7. The van der Waals surface area contributed by atoms with Crippen molar-refractivity contribution in [1.82, 2.24) is 19.9 Å². The van der Waals surface area contributed by atoms with Gasteiger partial charge >= 0.3 is 12.6 Å². The minimum atomic E-state index is -4.55. The zero-order valence-electron chi connectivity index (χ0n) is 19.2. The fraction of sp³-hybridized carbons (Fsp3) is 0.565. The maximum Gasteiger partial charge on any atom is 0.416 e. The van der Waals surface area contributed by atoms with E-state index in [1.165, 1.54) is 6.07 Å². The predicted molar refractivity (Wildman–Crippen MR) is 119 cm³/mol. The summed E-state index contributed by atoms with van der Waals surface area (Å²) in [7, 11) is 0. The summed E-state index contributed by atoms with van der Waals surface area (Å²) in [6.45, 7) is 1.24. The number of nitrogens with zero attached hydrogens (tertiary/aromatic N) is 5. The number of piperidine rings is 1. The lowest BCUT2D eigenvalue weighted by Crippen LogP contribution is -2.44. The van der Waals surface area contributed by atoms with Crippen LogP contribution in [0.15, 0.2) is 24.4 Å². The average Bonchev–Trinajstić information content (AvgIpc) is 3.20. The first-order valence-corrected chi connectivity index (χ1v) is 11.9. The molecule has 0 saturated carbocycles. The molecule has 3 saturated heterocycles. The van der Waals surface area contributed by atoms with Gasteiger partial charge in [0.2, 0.25) is 5.95 Å². The SMILES string of the molecule is O=C(C(F)F)N1CCCCC1c1cc(Nc2cc(C(F)(F)F)ccn2)nc(N2CC3CCC(C2)O3)n1. The number of aromatic nitrogens is 3. The predicted octanol–water partition coefficient (Wildman–Crippen LogP) is 4.32. The van der Waals surface area contributed by atoms with Gasteiger partial charge < -0.3 is 19.9 Å². The second kappa shape index (κ2) is 9.75. The maximum atomic E-state index is 13.3. The number of fused-ring (bicyclic) bond motifs is 2. The van der Waals surface area contributed by atoms with E-state index < -0.39 is 30.1 Å². The summed E-state index contributed by atoms with van der Waals surface area (Å²) in [4.78, 5) is 28.4. The third-order valence-corrected chi connectivity index (χ3v) is 6.72. The Balaban J connectivity index is 1.51. The summed E-state index contributed by atoms with van der Waals surface area (Å²) >= 11 is 0. The number of likely N-dealkylation sites (tertiary alicyclic amines) is 1. The number of ether oxygens (including phenoxy) is 1. The molecule has 2 aromatic heterocycles. The van der Waals surface area contributed by atoms with E-state index in [2.05, 4.69) is 20.3 Å². The van der Waals surface area contributed by atoms with Crippen LogP contribution in [0, 0.1) is 0 Å². The van der Waals surface area contributed by atoms with Gasteiger partial charge in [-0.15, -0.1) is 0 Å². The number of morpholine rings is 1. The van der Waals surface area contributed by atoms with Crippen molar-refractivity contribution >= 4 is 23.5 Å². The van der Waals surface area contributed by atoms with Crippen LogP contribution in [-0.4, -0.2) is 64.0 Å². The molecule has 3 aliphatic rings. The molecule has 3 unspecified atom stereocenters. The zero-order valence-corrected chi connectivity index (χ0v) is 19.2. The van der Waals surface area contributed by atoms with Gasteiger partial charge in [0.15, 0.2) is 0 Å². The quantitative estimate of drug-likeness (QED) is 0.598. The molecular formula is C23H25F5N6O2. The van der Waals surface area contributed by atoms with E-state index >= 15 is 0 Å². The highest BCUT2D eigenvalue weighted by atomic mass is 19.4. The van der Waals surface area contributed by atoms with E-state index in [0.717, 1.165) is 42.5 Å². The van der Waals surface area contributed by atoms with Gasteiger partial charge in [0.25, 0.3) is 5.91 Å². The second-order valence-corrected chi connectivity index (χ2v) is 9.24. The number of anilines is 3. The van der Waals surface area contributed by atoms with E-state index in [9.17, 15) is 26.7 Å². The molecule has 2 aromatic rings. The Morgan fingerprint density at radius 3 is 2.50 bits per heavy atom. The number of rotatable bonds is 5. The Labute approximate surface area is 203 Å². The minimum Gasteiger partial charge on any atom is -0.371 e. The van der Waals surface area contributed by atoms with Crippen molar-refractivity contribution in [3.8, 4) is 0 Å². The molecule has 0 aromatic carbocycles. The smallest absolute Gasteiger partial charge is 0.371 e. The highest BCUT2D eigenvalue weighted by Gasteiger charge is 2.37. The van der Waals surface area contributed by atoms with E-state index in [0.29, 0.717) is 37.6 Å². The van der Waals surface area contributed by atoms with Crippen molar-refractivity contribution in [3.05, 3.63) is 35.7 Å². The Bertz CT molecular complexity index is 1100. The fourth-order valence-electron chi connectivity index (χ4n) is 5.04. The van der Waals surface area contributed by atoms with Crippen LogP contribution in [0.3, 0.4) is 0 Å². The lowest BCUT2D eigenvalue weighted by molar-refractivity contribution is -0.147. The molecule has 2 bridgehead atoms. The van der Waals surface area contributed by atoms with Gasteiger partial charge in [-0.3, -0.25) is 4.79 Å². The fourth-order valence-corrected chi connectivity index (χ4v) is 5.04. The molecule has 3 fully saturated rings. The van der Waals surface area contributed by atoms with Crippen LogP contribution in [-0.2, 0) is 15.7 Å².